The lowest BCUT2D eigenvalue weighted by atomic mass is 9.98. The smallest absolute Gasteiger partial charge is 0.330 e. The molecule has 0 radical (unpaired) electrons. The van der Waals surface area contributed by atoms with Crippen LogP contribution in [0.4, 0.5) is 21.0 Å². The van der Waals surface area contributed by atoms with Gasteiger partial charge in [-0.05, 0) is 37.1 Å². The monoisotopic (exact) mass is 554 g/mol. The molecule has 1 saturated heterocycles. The van der Waals surface area contributed by atoms with Gasteiger partial charge in [-0.3, -0.25) is 0 Å². The van der Waals surface area contributed by atoms with Gasteiger partial charge in [0.05, 0.1) is 38.7 Å². The molecular formula is C28H34N4O8. The van der Waals surface area contributed by atoms with Crippen molar-refractivity contribution < 1.29 is 38.2 Å². The summed E-state index contributed by atoms with van der Waals surface area (Å²) in [5, 5.41) is 20.3. The molecule has 1 fully saturated rings. The number of nitrogens with zero attached hydrogens (tertiary/aromatic N) is 2. The van der Waals surface area contributed by atoms with Gasteiger partial charge < -0.3 is 39.2 Å². The Morgan fingerprint density at radius 2 is 1.60 bits per heavy atom. The predicted octanol–water partition coefficient (Wildman–Crippen LogP) is 4.06. The number of benzene rings is 2. The third-order valence-corrected chi connectivity index (χ3v) is 6.41. The molecule has 4 amide bonds. The Balaban J connectivity index is 1.50. The van der Waals surface area contributed by atoms with Crippen molar-refractivity contribution in [1.82, 2.24) is 10.1 Å². The average molecular weight is 555 g/mol. The molecule has 0 unspecified atom stereocenters. The first kappa shape index (κ1) is 28.9. The van der Waals surface area contributed by atoms with Crippen LogP contribution >= 0.6 is 0 Å². The Bertz CT molecular complexity index is 1220. The molecule has 1 aromatic heterocycles. The van der Waals surface area contributed by atoms with Gasteiger partial charge in [0, 0.05) is 43.1 Å². The summed E-state index contributed by atoms with van der Waals surface area (Å²) in [6.45, 7) is 0.108. The van der Waals surface area contributed by atoms with Gasteiger partial charge in [-0.15, -0.1) is 0 Å². The predicted molar refractivity (Wildman–Crippen MR) is 146 cm³/mol. The maximum Gasteiger partial charge on any atom is 0.330 e. The molecule has 0 spiro atoms. The lowest BCUT2D eigenvalue weighted by Gasteiger charge is -2.36. The van der Waals surface area contributed by atoms with Gasteiger partial charge >= 0.3 is 12.1 Å². The van der Waals surface area contributed by atoms with Gasteiger partial charge in [0.2, 0.25) is 0 Å². The van der Waals surface area contributed by atoms with Crippen molar-refractivity contribution in [1.29, 1.82) is 0 Å². The van der Waals surface area contributed by atoms with Crippen LogP contribution < -0.4 is 20.1 Å². The fourth-order valence-electron chi connectivity index (χ4n) is 4.38. The first-order valence-electron chi connectivity index (χ1n) is 12.8. The average Bonchev–Trinajstić information content (AvgIpc) is 3.40. The summed E-state index contributed by atoms with van der Waals surface area (Å²) in [7, 11) is 4.61. The lowest BCUT2D eigenvalue weighted by Crippen LogP contribution is -2.52. The number of ether oxygens (including phenoxy) is 4. The maximum absolute atomic E-state index is 13.4. The van der Waals surface area contributed by atoms with E-state index in [-0.39, 0.29) is 12.6 Å². The van der Waals surface area contributed by atoms with Gasteiger partial charge in [0.15, 0.2) is 5.76 Å². The number of carbonyl (C=O) groups is 2. The number of urea groups is 2. The summed E-state index contributed by atoms with van der Waals surface area (Å²) < 4.78 is 27.0. The fourth-order valence-corrected chi connectivity index (χ4v) is 4.38. The molecule has 4 rings (SSSR count). The minimum Gasteiger partial charge on any atom is -0.497 e. The summed E-state index contributed by atoms with van der Waals surface area (Å²) in [4.78, 5) is 27.8. The van der Waals surface area contributed by atoms with Gasteiger partial charge in [0.25, 0.3) is 0 Å². The van der Waals surface area contributed by atoms with Crippen molar-refractivity contribution in [3.05, 3.63) is 66.1 Å². The minimum absolute atomic E-state index is 0.197. The summed E-state index contributed by atoms with van der Waals surface area (Å²) in [6.07, 6.45) is -0.538. The molecule has 40 heavy (non-hydrogen) atoms. The van der Waals surface area contributed by atoms with E-state index in [9.17, 15) is 14.7 Å². The van der Waals surface area contributed by atoms with Crippen molar-refractivity contribution >= 4 is 23.4 Å². The number of anilines is 2. The number of methoxy groups -OCH3 is 3. The Morgan fingerprint density at radius 1 is 0.975 bits per heavy atom. The molecule has 3 atom stereocenters. The molecule has 12 heteroatoms. The third-order valence-electron chi connectivity index (χ3n) is 6.41. The van der Waals surface area contributed by atoms with Gasteiger partial charge in [-0.2, -0.15) is 0 Å². The molecule has 3 N–H and O–H groups in total. The first-order chi connectivity index (χ1) is 19.4. The van der Waals surface area contributed by atoms with Gasteiger partial charge in [-0.1, -0.05) is 17.3 Å². The summed E-state index contributed by atoms with van der Waals surface area (Å²) in [5.41, 5.74) is 1.56. The quantitative estimate of drug-likeness (QED) is 0.338. The summed E-state index contributed by atoms with van der Waals surface area (Å²) >= 11 is 0. The molecule has 1 aliphatic rings. The highest BCUT2D eigenvalue weighted by atomic mass is 16.5. The van der Waals surface area contributed by atoms with Crippen molar-refractivity contribution in [2.24, 2.45) is 0 Å². The molecule has 214 valence electrons. The van der Waals surface area contributed by atoms with E-state index in [1.54, 1.807) is 61.7 Å². The van der Waals surface area contributed by atoms with Gasteiger partial charge in [-0.25, -0.2) is 14.5 Å². The third kappa shape index (κ3) is 7.72. The number of rotatable bonds is 10. The Morgan fingerprint density at radius 3 is 2.17 bits per heavy atom. The van der Waals surface area contributed by atoms with E-state index in [2.05, 4.69) is 15.8 Å². The van der Waals surface area contributed by atoms with E-state index in [1.165, 1.54) is 14.2 Å². The second-order valence-corrected chi connectivity index (χ2v) is 9.30. The summed E-state index contributed by atoms with van der Waals surface area (Å²) in [6, 6.07) is 13.9. The largest absolute Gasteiger partial charge is 0.497 e. The SMILES string of the molecule is COCc1cc(C[C@@H]2CC[C@H](O)[C@@H](CN(C(=O)Nc3cccc(OC)c3)C(=O)Nc3cccc(OC)c3)O2)no1. The number of nitrogens with one attached hydrogen (secondary N) is 2. The topological polar surface area (TPSA) is 145 Å². The van der Waals surface area contributed by atoms with Crippen LogP contribution in [0.15, 0.2) is 59.1 Å². The number of carbonyl (C=O) groups excluding carboxylic acids is 2. The minimum atomic E-state index is -0.880. The number of aliphatic hydroxyl groups excluding tert-OH is 1. The highest BCUT2D eigenvalue weighted by molar-refractivity contribution is 6.05. The molecule has 0 saturated carbocycles. The molecular weight excluding hydrogens is 520 g/mol. The van der Waals surface area contributed by atoms with Crippen molar-refractivity contribution in [2.75, 3.05) is 38.5 Å². The van der Waals surface area contributed by atoms with E-state index in [0.717, 1.165) is 4.90 Å². The zero-order valence-corrected chi connectivity index (χ0v) is 22.7. The number of aliphatic hydroxyl groups is 1. The molecule has 12 nitrogen and oxygen atoms in total. The molecule has 0 bridgehead atoms. The van der Waals surface area contributed by atoms with E-state index in [4.69, 9.17) is 23.5 Å². The van der Waals surface area contributed by atoms with Crippen LogP contribution in [-0.2, 0) is 22.5 Å². The van der Waals surface area contributed by atoms with Crippen LogP contribution in [0.1, 0.15) is 24.3 Å². The number of hydrogen-bond donors (Lipinski definition) is 3. The first-order valence-corrected chi connectivity index (χ1v) is 12.8. The van der Waals surface area contributed by atoms with Crippen molar-refractivity contribution in [2.45, 2.75) is 44.2 Å². The van der Waals surface area contributed by atoms with Crippen LogP contribution in [0, 0.1) is 0 Å². The Kier molecular flexibility index (Phi) is 9.95. The van der Waals surface area contributed by atoms with Crippen LogP contribution in [0.5, 0.6) is 11.5 Å². The highest BCUT2D eigenvalue weighted by Crippen LogP contribution is 2.25. The fraction of sp³-hybridized carbons (Fsp3) is 0.393. The molecule has 1 aliphatic heterocycles. The molecule has 0 aliphatic carbocycles. The number of aromatic nitrogens is 1. The van der Waals surface area contributed by atoms with Crippen molar-refractivity contribution in [3.63, 3.8) is 0 Å². The second kappa shape index (κ2) is 13.8. The van der Waals surface area contributed by atoms with E-state index in [1.807, 2.05) is 0 Å². The van der Waals surface area contributed by atoms with Crippen LogP contribution in [-0.4, -0.2) is 73.4 Å². The van der Waals surface area contributed by atoms with Crippen LogP contribution in [0.3, 0.4) is 0 Å². The maximum atomic E-state index is 13.4. The number of hydrogen-bond acceptors (Lipinski definition) is 9. The summed E-state index contributed by atoms with van der Waals surface area (Å²) in [5.74, 6) is 1.68. The Labute approximate surface area is 232 Å². The zero-order valence-electron chi connectivity index (χ0n) is 22.7. The van der Waals surface area contributed by atoms with E-state index >= 15 is 0 Å². The van der Waals surface area contributed by atoms with Crippen LogP contribution in [0.25, 0.3) is 0 Å². The second-order valence-electron chi connectivity index (χ2n) is 9.30. The molecule has 2 heterocycles. The highest BCUT2D eigenvalue weighted by Gasteiger charge is 2.35. The normalized spacial score (nSPS) is 18.6. The van der Waals surface area contributed by atoms with E-state index < -0.39 is 24.3 Å². The number of imide groups is 1. The van der Waals surface area contributed by atoms with Crippen molar-refractivity contribution in [3.8, 4) is 11.5 Å². The zero-order chi connectivity index (χ0) is 28.5. The van der Waals surface area contributed by atoms with Gasteiger partial charge in [0.1, 0.15) is 24.2 Å². The lowest BCUT2D eigenvalue weighted by molar-refractivity contribution is -0.119. The standard InChI is InChI=1S/C28H34N4O8/c1-36-17-24-15-20(31-40-24)14-23-10-11-25(33)26(39-23)16-32(27(34)29-18-6-4-8-21(12-18)37-2)28(35)30-19-7-5-9-22(13-19)38-3/h4-9,12-13,15,23,25-26,33H,10-11,14,16-17H2,1-3H3,(H,29,34)(H,30,35)/t23-,25-,26+/m0/s1. The van der Waals surface area contributed by atoms with Crippen LogP contribution in [0.2, 0.25) is 0 Å². The molecule has 3 aromatic rings. The van der Waals surface area contributed by atoms with E-state index in [0.29, 0.717) is 60.2 Å². The molecule has 2 aromatic carbocycles. The Hall–Kier alpha value is -4.13. The number of amides is 4.